The van der Waals surface area contributed by atoms with Gasteiger partial charge in [-0.25, -0.2) is 0 Å². The van der Waals surface area contributed by atoms with Crippen LogP contribution in [0.4, 0.5) is 0 Å². The summed E-state index contributed by atoms with van der Waals surface area (Å²) in [5.41, 5.74) is 7.27. The van der Waals surface area contributed by atoms with Crippen LogP contribution in [0.5, 0.6) is 0 Å². The Balaban J connectivity index is 2.85. The maximum Gasteiger partial charge on any atom is 0.242 e. The SMILES string of the molecule is Cc1ccc(Br)cc1CN(C)C(=O)C(C)(C)N. The van der Waals surface area contributed by atoms with Crippen molar-refractivity contribution in [2.45, 2.75) is 32.9 Å². The molecule has 4 heteroatoms. The molecule has 0 bridgehead atoms. The number of carbonyl (C=O) groups excluding carboxylic acids is 1. The molecule has 0 saturated heterocycles. The van der Waals surface area contributed by atoms with Crippen LogP contribution in [0.25, 0.3) is 0 Å². The number of hydrogen-bond donors (Lipinski definition) is 1. The Morgan fingerprint density at radius 1 is 1.47 bits per heavy atom. The Labute approximate surface area is 111 Å². The molecule has 0 fully saturated rings. The number of benzene rings is 1. The summed E-state index contributed by atoms with van der Waals surface area (Å²) in [6.07, 6.45) is 0. The zero-order valence-electron chi connectivity index (χ0n) is 10.7. The van der Waals surface area contributed by atoms with Gasteiger partial charge in [-0.1, -0.05) is 22.0 Å². The molecule has 0 aliphatic carbocycles. The summed E-state index contributed by atoms with van der Waals surface area (Å²) in [6, 6.07) is 6.06. The van der Waals surface area contributed by atoms with Crippen molar-refractivity contribution < 1.29 is 4.79 Å². The molecule has 2 N–H and O–H groups in total. The van der Waals surface area contributed by atoms with Crippen molar-refractivity contribution in [3.63, 3.8) is 0 Å². The van der Waals surface area contributed by atoms with Gasteiger partial charge in [0.2, 0.25) is 5.91 Å². The molecule has 0 radical (unpaired) electrons. The number of amides is 1. The van der Waals surface area contributed by atoms with Crippen molar-refractivity contribution in [3.8, 4) is 0 Å². The first-order valence-corrected chi connectivity index (χ1v) is 6.30. The fourth-order valence-corrected chi connectivity index (χ4v) is 2.04. The first-order chi connectivity index (χ1) is 7.71. The van der Waals surface area contributed by atoms with E-state index in [1.54, 1.807) is 25.8 Å². The number of hydrogen-bond acceptors (Lipinski definition) is 2. The standard InChI is InChI=1S/C13H19BrN2O/c1-9-5-6-11(14)7-10(9)8-16(4)12(17)13(2,3)15/h5-7H,8,15H2,1-4H3. The van der Waals surface area contributed by atoms with Gasteiger partial charge in [-0.2, -0.15) is 0 Å². The number of halogens is 1. The molecule has 0 aliphatic heterocycles. The van der Waals surface area contributed by atoms with E-state index >= 15 is 0 Å². The number of aryl methyl sites for hydroxylation is 1. The quantitative estimate of drug-likeness (QED) is 0.932. The van der Waals surface area contributed by atoms with E-state index in [1.165, 1.54) is 5.56 Å². The predicted molar refractivity (Wildman–Crippen MR) is 73.6 cm³/mol. The second kappa shape index (κ2) is 5.19. The number of likely N-dealkylation sites (N-methyl/N-ethyl adjacent to an activating group) is 1. The van der Waals surface area contributed by atoms with Gasteiger partial charge in [0.05, 0.1) is 5.54 Å². The molecule has 1 rings (SSSR count). The highest BCUT2D eigenvalue weighted by Gasteiger charge is 2.25. The molecule has 0 spiro atoms. The Morgan fingerprint density at radius 3 is 2.59 bits per heavy atom. The van der Waals surface area contributed by atoms with E-state index in [0.717, 1.165) is 10.0 Å². The third-order valence-corrected chi connectivity index (χ3v) is 3.11. The lowest BCUT2D eigenvalue weighted by Gasteiger charge is -2.26. The van der Waals surface area contributed by atoms with Crippen LogP contribution in [-0.4, -0.2) is 23.4 Å². The Morgan fingerprint density at radius 2 is 2.06 bits per heavy atom. The van der Waals surface area contributed by atoms with Crippen molar-refractivity contribution >= 4 is 21.8 Å². The molecule has 0 atom stereocenters. The van der Waals surface area contributed by atoms with Gasteiger partial charge in [-0.05, 0) is 44.0 Å². The molecule has 0 saturated carbocycles. The highest BCUT2D eigenvalue weighted by atomic mass is 79.9. The highest BCUT2D eigenvalue weighted by Crippen LogP contribution is 2.18. The zero-order chi connectivity index (χ0) is 13.2. The van der Waals surface area contributed by atoms with Gasteiger partial charge >= 0.3 is 0 Å². The third-order valence-electron chi connectivity index (χ3n) is 2.62. The average Bonchev–Trinajstić information content (AvgIpc) is 2.21. The van der Waals surface area contributed by atoms with Gasteiger partial charge in [0, 0.05) is 18.1 Å². The van der Waals surface area contributed by atoms with Gasteiger partial charge < -0.3 is 10.6 Å². The van der Waals surface area contributed by atoms with Crippen molar-refractivity contribution in [2.75, 3.05) is 7.05 Å². The summed E-state index contributed by atoms with van der Waals surface area (Å²) in [7, 11) is 1.78. The molecule has 3 nitrogen and oxygen atoms in total. The number of nitrogens with two attached hydrogens (primary N) is 1. The fraction of sp³-hybridized carbons (Fsp3) is 0.462. The molecule has 1 aromatic carbocycles. The lowest BCUT2D eigenvalue weighted by molar-refractivity contribution is -0.135. The molecule has 0 aromatic heterocycles. The second-order valence-electron chi connectivity index (χ2n) is 4.95. The van der Waals surface area contributed by atoms with E-state index in [0.29, 0.717) is 6.54 Å². The van der Waals surface area contributed by atoms with Crippen molar-refractivity contribution in [1.29, 1.82) is 0 Å². The smallest absolute Gasteiger partial charge is 0.242 e. The summed E-state index contributed by atoms with van der Waals surface area (Å²) in [4.78, 5) is 13.6. The first kappa shape index (κ1) is 14.2. The Hall–Kier alpha value is -0.870. The van der Waals surface area contributed by atoms with Crippen LogP contribution in [0.3, 0.4) is 0 Å². The fourth-order valence-electron chi connectivity index (χ4n) is 1.63. The number of carbonyl (C=O) groups is 1. The highest BCUT2D eigenvalue weighted by molar-refractivity contribution is 9.10. The predicted octanol–water partition coefficient (Wildman–Crippen LogP) is 2.45. The van der Waals surface area contributed by atoms with E-state index < -0.39 is 5.54 Å². The van der Waals surface area contributed by atoms with Gasteiger partial charge in [0.15, 0.2) is 0 Å². The normalized spacial score (nSPS) is 11.4. The van der Waals surface area contributed by atoms with E-state index in [1.807, 2.05) is 25.1 Å². The minimum atomic E-state index is -0.825. The van der Waals surface area contributed by atoms with E-state index in [4.69, 9.17) is 5.73 Å². The molecule has 94 valence electrons. The molecule has 17 heavy (non-hydrogen) atoms. The van der Waals surface area contributed by atoms with Crippen LogP contribution < -0.4 is 5.73 Å². The van der Waals surface area contributed by atoms with Gasteiger partial charge in [0.25, 0.3) is 0 Å². The summed E-state index contributed by atoms with van der Waals surface area (Å²) >= 11 is 3.43. The maximum atomic E-state index is 12.0. The van der Waals surface area contributed by atoms with Crippen molar-refractivity contribution in [2.24, 2.45) is 5.73 Å². The Bertz CT molecular complexity index is 424. The molecule has 0 heterocycles. The largest absolute Gasteiger partial charge is 0.340 e. The molecule has 0 aliphatic rings. The minimum absolute atomic E-state index is 0.0584. The second-order valence-corrected chi connectivity index (χ2v) is 5.87. The minimum Gasteiger partial charge on any atom is -0.340 e. The van der Waals surface area contributed by atoms with Crippen LogP contribution in [0, 0.1) is 6.92 Å². The average molecular weight is 299 g/mol. The van der Waals surface area contributed by atoms with Gasteiger partial charge in [0.1, 0.15) is 0 Å². The van der Waals surface area contributed by atoms with Gasteiger partial charge in [-0.3, -0.25) is 4.79 Å². The van der Waals surface area contributed by atoms with Crippen LogP contribution in [0.1, 0.15) is 25.0 Å². The Kier molecular flexibility index (Phi) is 4.33. The lowest BCUT2D eigenvalue weighted by Crippen LogP contribution is -2.49. The van der Waals surface area contributed by atoms with Crippen molar-refractivity contribution in [3.05, 3.63) is 33.8 Å². The molecular weight excluding hydrogens is 280 g/mol. The van der Waals surface area contributed by atoms with Crippen LogP contribution in [-0.2, 0) is 11.3 Å². The van der Waals surface area contributed by atoms with Crippen molar-refractivity contribution in [1.82, 2.24) is 4.90 Å². The van der Waals surface area contributed by atoms with Crippen LogP contribution in [0.15, 0.2) is 22.7 Å². The molecule has 0 unspecified atom stereocenters. The van der Waals surface area contributed by atoms with Gasteiger partial charge in [-0.15, -0.1) is 0 Å². The topological polar surface area (TPSA) is 46.3 Å². The van der Waals surface area contributed by atoms with E-state index in [9.17, 15) is 4.79 Å². The monoisotopic (exact) mass is 298 g/mol. The first-order valence-electron chi connectivity index (χ1n) is 5.51. The lowest BCUT2D eigenvalue weighted by atomic mass is 10.0. The summed E-state index contributed by atoms with van der Waals surface area (Å²) in [6.45, 7) is 6.05. The molecule has 1 amide bonds. The zero-order valence-corrected chi connectivity index (χ0v) is 12.3. The van der Waals surface area contributed by atoms with E-state index in [2.05, 4.69) is 15.9 Å². The maximum absolute atomic E-state index is 12.0. The summed E-state index contributed by atoms with van der Waals surface area (Å²) in [5, 5.41) is 0. The van der Waals surface area contributed by atoms with Crippen LogP contribution >= 0.6 is 15.9 Å². The number of nitrogens with zero attached hydrogens (tertiary/aromatic N) is 1. The third kappa shape index (κ3) is 3.82. The number of rotatable bonds is 3. The molecule has 1 aromatic rings. The summed E-state index contributed by atoms with van der Waals surface area (Å²) < 4.78 is 1.02. The molecular formula is C13H19BrN2O. The van der Waals surface area contributed by atoms with Crippen LogP contribution in [0.2, 0.25) is 0 Å². The summed E-state index contributed by atoms with van der Waals surface area (Å²) in [5.74, 6) is -0.0584. The van der Waals surface area contributed by atoms with E-state index in [-0.39, 0.29) is 5.91 Å².